The van der Waals surface area contributed by atoms with E-state index in [1.807, 2.05) is 0 Å². The third kappa shape index (κ3) is 3.31. The van der Waals surface area contributed by atoms with Gasteiger partial charge in [-0.15, -0.1) is 0 Å². The van der Waals surface area contributed by atoms with Gasteiger partial charge in [-0.05, 0) is 24.3 Å². The maximum Gasteiger partial charge on any atom is 0.387 e. The lowest BCUT2D eigenvalue weighted by molar-refractivity contribution is -0.0584. The number of fused-ring (bicyclic) bond motifs is 1. The van der Waals surface area contributed by atoms with Gasteiger partial charge in [0.25, 0.3) is 11.8 Å². The molecule has 3 aromatic rings. The van der Waals surface area contributed by atoms with Crippen LogP contribution in [-0.2, 0) is 4.84 Å². The summed E-state index contributed by atoms with van der Waals surface area (Å²) in [5, 5.41) is 6.70. The molecule has 146 valence electrons. The average molecular weight is 399 g/mol. The fourth-order valence-electron chi connectivity index (χ4n) is 2.87. The van der Waals surface area contributed by atoms with Gasteiger partial charge in [-0.1, -0.05) is 29.3 Å². The highest BCUT2D eigenvalue weighted by Crippen LogP contribution is 2.28. The van der Waals surface area contributed by atoms with Crippen LogP contribution >= 0.6 is 0 Å². The van der Waals surface area contributed by atoms with Crippen molar-refractivity contribution in [3.8, 4) is 17.0 Å². The van der Waals surface area contributed by atoms with Crippen LogP contribution in [0.3, 0.4) is 0 Å². The Balaban J connectivity index is 1.59. The second kappa shape index (κ2) is 7.15. The molecule has 0 saturated carbocycles. The van der Waals surface area contributed by atoms with E-state index in [1.165, 1.54) is 36.4 Å². The number of carbonyl (C=O) groups excluding carboxylic acids is 3. The van der Waals surface area contributed by atoms with Crippen molar-refractivity contribution in [2.24, 2.45) is 0 Å². The monoisotopic (exact) mass is 399 g/mol. The Labute approximate surface area is 161 Å². The van der Waals surface area contributed by atoms with Crippen molar-refractivity contribution in [1.82, 2.24) is 15.3 Å². The minimum absolute atomic E-state index is 0.101. The van der Waals surface area contributed by atoms with Gasteiger partial charge >= 0.3 is 12.6 Å². The molecular formula is C19H11F2N3O5. The Morgan fingerprint density at radius 3 is 2.38 bits per heavy atom. The van der Waals surface area contributed by atoms with Crippen LogP contribution < -0.4 is 4.74 Å². The van der Waals surface area contributed by atoms with Gasteiger partial charge in [0.05, 0.1) is 23.0 Å². The minimum atomic E-state index is -3.01. The number of hydrogen-bond donors (Lipinski definition) is 1. The maximum absolute atomic E-state index is 12.6. The first-order valence-corrected chi connectivity index (χ1v) is 8.24. The summed E-state index contributed by atoms with van der Waals surface area (Å²) < 4.78 is 29.2. The van der Waals surface area contributed by atoms with Gasteiger partial charge < -0.3 is 9.57 Å². The van der Waals surface area contributed by atoms with Crippen LogP contribution in [0.15, 0.2) is 54.7 Å². The molecule has 0 spiro atoms. The number of hydrogen-bond acceptors (Lipinski definition) is 6. The van der Waals surface area contributed by atoms with Gasteiger partial charge in [-0.25, -0.2) is 4.79 Å². The van der Waals surface area contributed by atoms with E-state index in [0.29, 0.717) is 10.6 Å². The molecule has 0 radical (unpaired) electrons. The van der Waals surface area contributed by atoms with E-state index >= 15 is 0 Å². The van der Waals surface area contributed by atoms with Crippen LogP contribution in [0.1, 0.15) is 31.1 Å². The molecule has 1 aliphatic rings. The first kappa shape index (κ1) is 18.3. The van der Waals surface area contributed by atoms with Crippen molar-refractivity contribution in [1.29, 1.82) is 0 Å². The first-order valence-electron chi connectivity index (χ1n) is 8.24. The number of nitrogens with one attached hydrogen (secondary N) is 1. The molecule has 1 aliphatic heterocycles. The van der Waals surface area contributed by atoms with Crippen LogP contribution in [0, 0.1) is 0 Å². The van der Waals surface area contributed by atoms with Crippen molar-refractivity contribution in [3.63, 3.8) is 0 Å². The normalized spacial score (nSPS) is 13.0. The summed E-state index contributed by atoms with van der Waals surface area (Å²) in [7, 11) is 0. The van der Waals surface area contributed by atoms with Crippen LogP contribution in [0.25, 0.3) is 11.3 Å². The summed E-state index contributed by atoms with van der Waals surface area (Å²) >= 11 is 0. The molecule has 0 unspecified atom stereocenters. The number of alkyl halides is 2. The number of nitrogens with zero attached hydrogens (tertiary/aromatic N) is 2. The molecule has 0 fully saturated rings. The standard InChI is InChI=1S/C19H11F2N3O5/c20-19(21)28-11-5-3-4-10(8-11)15-14(9-22-23-15)18(27)29-24-16(25)12-6-1-2-7-13(12)17(24)26/h1-9,19H,(H,22,23). The largest absolute Gasteiger partial charge is 0.435 e. The van der Waals surface area contributed by atoms with Crippen molar-refractivity contribution in [3.05, 3.63) is 71.4 Å². The molecule has 4 rings (SSSR count). The molecule has 1 aromatic heterocycles. The molecule has 0 saturated heterocycles. The van der Waals surface area contributed by atoms with E-state index < -0.39 is 24.4 Å². The summed E-state index contributed by atoms with van der Waals surface area (Å²) in [6, 6.07) is 11.6. The number of aromatic nitrogens is 2. The number of H-pyrrole nitrogens is 1. The number of ether oxygens (including phenoxy) is 1. The van der Waals surface area contributed by atoms with Gasteiger partial charge in [-0.2, -0.15) is 13.9 Å². The summed E-state index contributed by atoms with van der Waals surface area (Å²) in [6.45, 7) is -3.01. The Hall–Kier alpha value is -4.08. The van der Waals surface area contributed by atoms with Crippen LogP contribution in [0.4, 0.5) is 8.78 Å². The molecule has 1 N–H and O–H groups in total. The molecule has 10 heteroatoms. The zero-order valence-electron chi connectivity index (χ0n) is 14.5. The summed E-state index contributed by atoms with van der Waals surface area (Å²) in [4.78, 5) is 42.2. The highest BCUT2D eigenvalue weighted by molar-refractivity contribution is 6.21. The Kier molecular flexibility index (Phi) is 4.51. The molecule has 0 bridgehead atoms. The van der Waals surface area contributed by atoms with E-state index in [9.17, 15) is 23.2 Å². The lowest BCUT2D eigenvalue weighted by Crippen LogP contribution is -2.32. The number of aromatic amines is 1. The Morgan fingerprint density at radius 1 is 1.03 bits per heavy atom. The Bertz CT molecular complexity index is 1090. The molecule has 0 aliphatic carbocycles. The van der Waals surface area contributed by atoms with E-state index in [1.54, 1.807) is 12.1 Å². The molecule has 29 heavy (non-hydrogen) atoms. The second-order valence-corrected chi connectivity index (χ2v) is 5.89. The van der Waals surface area contributed by atoms with E-state index in [4.69, 9.17) is 4.84 Å². The number of imide groups is 1. The summed E-state index contributed by atoms with van der Waals surface area (Å²) in [6.07, 6.45) is 1.14. The lowest BCUT2D eigenvalue weighted by atomic mass is 10.1. The van der Waals surface area contributed by atoms with Gasteiger partial charge in [0, 0.05) is 5.56 Å². The van der Waals surface area contributed by atoms with Crippen LogP contribution in [-0.4, -0.2) is 39.7 Å². The van der Waals surface area contributed by atoms with Crippen molar-refractivity contribution in [2.75, 3.05) is 0 Å². The highest BCUT2D eigenvalue weighted by Gasteiger charge is 2.39. The Morgan fingerprint density at radius 2 is 1.72 bits per heavy atom. The number of benzene rings is 2. The van der Waals surface area contributed by atoms with Crippen molar-refractivity contribution < 1.29 is 32.7 Å². The van der Waals surface area contributed by atoms with Crippen LogP contribution in [0.2, 0.25) is 0 Å². The molecule has 8 nitrogen and oxygen atoms in total. The van der Waals surface area contributed by atoms with Crippen molar-refractivity contribution in [2.45, 2.75) is 6.61 Å². The van der Waals surface area contributed by atoms with Crippen molar-refractivity contribution >= 4 is 17.8 Å². The average Bonchev–Trinajstić information content (AvgIpc) is 3.28. The number of halogens is 2. The first-order chi connectivity index (χ1) is 14.0. The SMILES string of the molecule is O=C(ON1C(=O)c2ccccc2C1=O)c1cn[nH]c1-c1cccc(OC(F)F)c1. The minimum Gasteiger partial charge on any atom is -0.435 e. The number of amides is 2. The molecular weight excluding hydrogens is 388 g/mol. The zero-order chi connectivity index (χ0) is 20.5. The third-order valence-electron chi connectivity index (χ3n) is 4.14. The molecule has 2 aromatic carbocycles. The van der Waals surface area contributed by atoms with Gasteiger partial charge in [0.1, 0.15) is 11.3 Å². The quantitative estimate of drug-likeness (QED) is 0.662. The van der Waals surface area contributed by atoms with Gasteiger partial charge in [0.2, 0.25) is 0 Å². The predicted molar refractivity (Wildman–Crippen MR) is 93.0 cm³/mol. The second-order valence-electron chi connectivity index (χ2n) is 5.89. The molecule has 2 heterocycles. The highest BCUT2D eigenvalue weighted by atomic mass is 19.3. The molecule has 2 amide bonds. The number of rotatable bonds is 5. The smallest absolute Gasteiger partial charge is 0.387 e. The lowest BCUT2D eigenvalue weighted by Gasteiger charge is -2.13. The van der Waals surface area contributed by atoms with Gasteiger partial charge in [0.15, 0.2) is 0 Å². The summed E-state index contributed by atoms with van der Waals surface area (Å²) in [5.74, 6) is -2.68. The predicted octanol–water partition coefficient (Wildman–Crippen LogP) is 3.05. The van der Waals surface area contributed by atoms with E-state index in [0.717, 1.165) is 6.20 Å². The topological polar surface area (TPSA) is 102 Å². The summed E-state index contributed by atoms with van der Waals surface area (Å²) in [5.41, 5.74) is 0.598. The fraction of sp³-hybridized carbons (Fsp3) is 0.0526. The number of carbonyl (C=O) groups is 3. The maximum atomic E-state index is 12.6. The third-order valence-corrected chi connectivity index (χ3v) is 4.14. The number of hydroxylamine groups is 2. The van der Waals surface area contributed by atoms with E-state index in [2.05, 4.69) is 14.9 Å². The van der Waals surface area contributed by atoms with E-state index in [-0.39, 0.29) is 28.1 Å². The zero-order valence-corrected chi connectivity index (χ0v) is 14.5. The van der Waals surface area contributed by atoms with Gasteiger partial charge in [-0.3, -0.25) is 14.7 Å². The molecule has 0 atom stereocenters. The van der Waals surface area contributed by atoms with Crippen LogP contribution in [0.5, 0.6) is 5.75 Å². The fourth-order valence-corrected chi connectivity index (χ4v) is 2.87.